The monoisotopic (exact) mass is 555 g/mol. The molecule has 3 N–H and O–H groups in total. The van der Waals surface area contributed by atoms with Crippen molar-refractivity contribution in [1.82, 2.24) is 15.6 Å². The van der Waals surface area contributed by atoms with Crippen molar-refractivity contribution in [2.75, 3.05) is 38.7 Å². The van der Waals surface area contributed by atoms with E-state index in [1.807, 2.05) is 45.0 Å². The van der Waals surface area contributed by atoms with Gasteiger partial charge in [-0.1, -0.05) is 18.2 Å². The van der Waals surface area contributed by atoms with E-state index in [-0.39, 0.29) is 29.9 Å². The number of aromatic nitrogens is 1. The molecule has 0 bridgehead atoms. The van der Waals surface area contributed by atoms with E-state index in [9.17, 15) is 4.79 Å². The number of nitrogens with zero attached hydrogens (tertiary/aromatic N) is 2. The summed E-state index contributed by atoms with van der Waals surface area (Å²) in [7, 11) is 1.65. The number of carbonyl (C=O) groups is 1. The molecule has 0 fully saturated rings. The first-order valence-electron chi connectivity index (χ1n) is 10.5. The second-order valence-corrected chi connectivity index (χ2v) is 7.09. The van der Waals surface area contributed by atoms with Crippen molar-refractivity contribution in [2.45, 2.75) is 33.7 Å². The minimum atomic E-state index is -0.105. The van der Waals surface area contributed by atoms with E-state index in [0.29, 0.717) is 44.5 Å². The number of halogens is 1. The molecule has 0 radical (unpaired) electrons. The molecule has 0 spiro atoms. The van der Waals surface area contributed by atoms with E-state index in [4.69, 9.17) is 9.47 Å². The third kappa shape index (κ3) is 10.3. The molecule has 8 nitrogen and oxygen atoms in total. The zero-order valence-electron chi connectivity index (χ0n) is 19.2. The summed E-state index contributed by atoms with van der Waals surface area (Å²) in [5.41, 5.74) is 3.16. The van der Waals surface area contributed by atoms with Gasteiger partial charge in [-0.3, -0.25) is 4.79 Å². The Morgan fingerprint density at radius 2 is 1.88 bits per heavy atom. The fraction of sp³-hybridized carbons (Fsp3) is 0.435. The van der Waals surface area contributed by atoms with Crippen LogP contribution in [0.25, 0.3) is 0 Å². The number of anilines is 1. The average molecular weight is 555 g/mol. The van der Waals surface area contributed by atoms with Gasteiger partial charge in [0.15, 0.2) is 5.96 Å². The van der Waals surface area contributed by atoms with Crippen LogP contribution < -0.4 is 20.7 Å². The zero-order valence-corrected chi connectivity index (χ0v) is 21.6. The van der Waals surface area contributed by atoms with E-state index in [2.05, 4.69) is 25.9 Å². The number of aryl methyl sites for hydroxylation is 2. The number of carbonyl (C=O) groups excluding carboxylic acids is 1. The lowest BCUT2D eigenvalue weighted by Gasteiger charge is -2.13. The van der Waals surface area contributed by atoms with Crippen LogP contribution in [0.3, 0.4) is 0 Å². The predicted octanol–water partition coefficient (Wildman–Crippen LogP) is 3.43. The number of ether oxygens (including phenoxy) is 2. The third-order valence-corrected chi connectivity index (χ3v) is 4.34. The highest BCUT2D eigenvalue weighted by Gasteiger charge is 2.07. The van der Waals surface area contributed by atoms with Crippen LogP contribution >= 0.6 is 24.0 Å². The van der Waals surface area contributed by atoms with Gasteiger partial charge in [-0.15, -0.1) is 24.0 Å². The van der Waals surface area contributed by atoms with Crippen molar-refractivity contribution >= 4 is 41.7 Å². The van der Waals surface area contributed by atoms with E-state index in [1.165, 1.54) is 0 Å². The molecule has 1 heterocycles. The maximum absolute atomic E-state index is 12.1. The van der Waals surface area contributed by atoms with Crippen molar-refractivity contribution in [3.8, 4) is 5.75 Å². The first kappa shape index (κ1) is 27.6. The Kier molecular flexibility index (Phi) is 13.3. The minimum Gasteiger partial charge on any atom is -0.491 e. The normalized spacial score (nSPS) is 10.8. The second-order valence-electron chi connectivity index (χ2n) is 7.09. The summed E-state index contributed by atoms with van der Waals surface area (Å²) in [5, 5.41) is 9.19. The lowest BCUT2D eigenvalue weighted by Crippen LogP contribution is -2.38. The Labute approximate surface area is 207 Å². The highest BCUT2D eigenvalue weighted by molar-refractivity contribution is 14.0. The number of amides is 1. The van der Waals surface area contributed by atoms with E-state index < -0.39 is 0 Å². The van der Waals surface area contributed by atoms with Crippen LogP contribution in [0.1, 0.15) is 30.0 Å². The molecule has 0 saturated heterocycles. The highest BCUT2D eigenvalue weighted by atomic mass is 127. The molecule has 32 heavy (non-hydrogen) atoms. The molecule has 0 atom stereocenters. The minimum absolute atomic E-state index is 0. The Morgan fingerprint density at radius 3 is 2.56 bits per heavy atom. The third-order valence-electron chi connectivity index (χ3n) is 4.34. The van der Waals surface area contributed by atoms with Crippen molar-refractivity contribution in [1.29, 1.82) is 0 Å². The van der Waals surface area contributed by atoms with Gasteiger partial charge in [0.05, 0.1) is 13.2 Å². The van der Waals surface area contributed by atoms with Crippen LogP contribution in [-0.4, -0.2) is 50.3 Å². The van der Waals surface area contributed by atoms with Crippen molar-refractivity contribution in [2.24, 2.45) is 4.99 Å². The van der Waals surface area contributed by atoms with Crippen LogP contribution in [0.15, 0.2) is 41.5 Å². The summed E-state index contributed by atoms with van der Waals surface area (Å²) >= 11 is 0. The number of pyridine rings is 1. The number of nitrogens with one attached hydrogen (secondary N) is 3. The van der Waals surface area contributed by atoms with Crippen molar-refractivity contribution < 1.29 is 14.3 Å². The average Bonchev–Trinajstić information content (AvgIpc) is 2.75. The molecule has 1 aromatic carbocycles. The van der Waals surface area contributed by atoms with Crippen LogP contribution in [-0.2, 0) is 16.1 Å². The quantitative estimate of drug-likeness (QED) is 0.170. The Morgan fingerprint density at radius 1 is 1.09 bits per heavy atom. The van der Waals surface area contributed by atoms with Crippen LogP contribution in [0.5, 0.6) is 5.75 Å². The van der Waals surface area contributed by atoms with Gasteiger partial charge in [0, 0.05) is 38.4 Å². The summed E-state index contributed by atoms with van der Waals surface area (Å²) < 4.78 is 10.9. The number of methoxy groups -OCH3 is 1. The molecule has 0 aliphatic rings. The summed E-state index contributed by atoms with van der Waals surface area (Å²) in [6.45, 7) is 8.62. The summed E-state index contributed by atoms with van der Waals surface area (Å²) in [6.07, 6.45) is 2.03. The largest absolute Gasteiger partial charge is 0.491 e. The van der Waals surface area contributed by atoms with Crippen LogP contribution in [0, 0.1) is 13.8 Å². The van der Waals surface area contributed by atoms with Gasteiger partial charge < -0.3 is 25.4 Å². The SMILES string of the molecule is CCNC(=NCc1ccc(C)cc1OCCOC)NCCC(=O)Nc1ccc(C)cn1.I. The summed E-state index contributed by atoms with van der Waals surface area (Å²) in [6, 6.07) is 9.77. The van der Waals surface area contributed by atoms with Crippen LogP contribution in [0.2, 0.25) is 0 Å². The standard InChI is InChI=1S/C23H33N5O3.HI/c1-5-24-23(25-11-10-22(29)28-21-9-7-18(3)15-26-21)27-16-19-8-6-17(2)14-20(19)31-13-12-30-4;/h6-9,14-15H,5,10-13,16H2,1-4H3,(H2,24,25,27)(H,26,28,29);1H. The van der Waals surface area contributed by atoms with Crippen LogP contribution in [0.4, 0.5) is 5.82 Å². The smallest absolute Gasteiger partial charge is 0.227 e. The summed E-state index contributed by atoms with van der Waals surface area (Å²) in [4.78, 5) is 21.0. The second kappa shape index (κ2) is 15.4. The molecule has 1 amide bonds. The first-order chi connectivity index (χ1) is 15.0. The highest BCUT2D eigenvalue weighted by Crippen LogP contribution is 2.21. The molecule has 1 aromatic heterocycles. The Hall–Kier alpha value is -2.40. The Bertz CT molecular complexity index is 859. The van der Waals surface area contributed by atoms with Gasteiger partial charge >= 0.3 is 0 Å². The fourth-order valence-corrected chi connectivity index (χ4v) is 2.71. The van der Waals surface area contributed by atoms with Gasteiger partial charge in [0.25, 0.3) is 0 Å². The number of hydrogen-bond donors (Lipinski definition) is 3. The maximum Gasteiger partial charge on any atom is 0.227 e. The lowest BCUT2D eigenvalue weighted by molar-refractivity contribution is -0.116. The molecule has 0 saturated carbocycles. The van der Waals surface area contributed by atoms with E-state index in [1.54, 1.807) is 19.4 Å². The van der Waals surface area contributed by atoms with Gasteiger partial charge in [0.1, 0.15) is 18.2 Å². The molecule has 0 aliphatic carbocycles. The maximum atomic E-state index is 12.1. The van der Waals surface area contributed by atoms with E-state index >= 15 is 0 Å². The van der Waals surface area contributed by atoms with Crippen molar-refractivity contribution in [3.05, 3.63) is 53.2 Å². The molecule has 2 aromatic rings. The molecule has 0 unspecified atom stereocenters. The fourth-order valence-electron chi connectivity index (χ4n) is 2.71. The Balaban J connectivity index is 0.00000512. The van der Waals surface area contributed by atoms with Crippen molar-refractivity contribution in [3.63, 3.8) is 0 Å². The number of rotatable bonds is 11. The topological polar surface area (TPSA) is 96.9 Å². The molecule has 176 valence electrons. The number of hydrogen-bond acceptors (Lipinski definition) is 5. The number of aliphatic imine (C=N–C) groups is 1. The number of guanidine groups is 1. The van der Waals surface area contributed by atoms with Gasteiger partial charge in [-0.25, -0.2) is 9.98 Å². The van der Waals surface area contributed by atoms with E-state index in [0.717, 1.165) is 29.0 Å². The number of benzene rings is 1. The predicted molar refractivity (Wildman–Crippen MR) is 139 cm³/mol. The molecule has 0 aliphatic heterocycles. The molecular weight excluding hydrogens is 521 g/mol. The van der Waals surface area contributed by atoms with Gasteiger partial charge in [-0.2, -0.15) is 0 Å². The van der Waals surface area contributed by atoms with Gasteiger partial charge in [0.2, 0.25) is 5.91 Å². The molecular formula is C23H34IN5O3. The van der Waals surface area contributed by atoms with Gasteiger partial charge in [-0.05, 0) is 44.0 Å². The molecule has 9 heteroatoms. The molecule has 2 rings (SSSR count). The first-order valence-corrected chi connectivity index (χ1v) is 10.5. The summed E-state index contributed by atoms with van der Waals surface area (Å²) in [5.74, 6) is 1.90. The lowest BCUT2D eigenvalue weighted by atomic mass is 10.1. The zero-order chi connectivity index (χ0) is 22.5.